The van der Waals surface area contributed by atoms with E-state index in [0.29, 0.717) is 0 Å². The Morgan fingerprint density at radius 2 is 1.42 bits per heavy atom. The summed E-state index contributed by atoms with van der Waals surface area (Å²) in [5.41, 5.74) is 0. The van der Waals surface area contributed by atoms with Crippen LogP contribution in [0.5, 0.6) is 0 Å². The van der Waals surface area contributed by atoms with E-state index in [2.05, 4.69) is 9.47 Å². The summed E-state index contributed by atoms with van der Waals surface area (Å²) < 4.78 is 102. The molecule has 0 aromatic carbocycles. The van der Waals surface area contributed by atoms with E-state index in [4.69, 9.17) is 0 Å². The molecular weight excluding hydrogens is 296 g/mol. The van der Waals surface area contributed by atoms with E-state index >= 15 is 0 Å². The average molecular weight is 304 g/mol. The molecule has 0 unspecified atom stereocenters. The minimum atomic E-state index is -5.73. The molecule has 11 heteroatoms. The molecule has 0 atom stereocenters. The molecule has 0 bridgehead atoms. The Hall–Kier alpha value is -1.29. The van der Waals surface area contributed by atoms with Gasteiger partial charge in [-0.3, -0.25) is 0 Å². The monoisotopic (exact) mass is 304 g/mol. The summed E-state index contributed by atoms with van der Waals surface area (Å²) in [5, 5.41) is 0. The Morgan fingerprint density at radius 3 is 1.84 bits per heavy atom. The van der Waals surface area contributed by atoms with Crippen LogP contribution in [-0.4, -0.2) is 37.6 Å². The lowest BCUT2D eigenvalue weighted by Crippen LogP contribution is -2.36. The van der Waals surface area contributed by atoms with Crippen molar-refractivity contribution in [2.24, 2.45) is 0 Å². The van der Waals surface area contributed by atoms with Crippen LogP contribution in [0.4, 0.5) is 39.9 Å². The molecule has 3 nitrogen and oxygen atoms in total. The van der Waals surface area contributed by atoms with Crippen molar-refractivity contribution in [3.63, 3.8) is 0 Å². The van der Waals surface area contributed by atoms with Gasteiger partial charge < -0.3 is 9.47 Å². The quantitative estimate of drug-likeness (QED) is 0.441. The number of ether oxygens (including phenoxy) is 2. The van der Waals surface area contributed by atoms with Gasteiger partial charge in [0.15, 0.2) is 6.61 Å². The second kappa shape index (κ2) is 6.24. The van der Waals surface area contributed by atoms with Gasteiger partial charge in [0.2, 0.25) is 0 Å². The summed E-state index contributed by atoms with van der Waals surface area (Å²) in [7, 11) is 0. The predicted octanol–water partition coefficient (Wildman–Crippen LogP) is 3.68. The molecule has 0 aliphatic rings. The SMILES string of the molecule is O=C(OCCCC(F)(F)C(F)(F)F)OCC(F)(F)F. The van der Waals surface area contributed by atoms with Crippen LogP contribution in [0.15, 0.2) is 0 Å². The second-order valence-electron chi connectivity index (χ2n) is 3.31. The van der Waals surface area contributed by atoms with Crippen LogP contribution in [-0.2, 0) is 9.47 Å². The van der Waals surface area contributed by atoms with Crippen molar-refractivity contribution >= 4 is 6.16 Å². The lowest BCUT2D eigenvalue weighted by atomic mass is 10.2. The molecule has 0 spiro atoms. The molecule has 0 heterocycles. The van der Waals surface area contributed by atoms with Crippen LogP contribution in [0.25, 0.3) is 0 Å². The standard InChI is InChI=1S/C8H8F8O3/c9-6(10,8(14,15)16)2-1-3-18-5(17)19-4-7(11,12)13/h1-4H2. The minimum Gasteiger partial charge on any atom is -0.434 e. The molecule has 0 fully saturated rings. The number of hydrogen-bond donors (Lipinski definition) is 0. The number of carbonyl (C=O) groups excluding carboxylic acids is 1. The maximum absolute atomic E-state index is 12.3. The molecule has 0 amide bonds. The van der Waals surface area contributed by atoms with Gasteiger partial charge in [-0.15, -0.1) is 0 Å². The van der Waals surface area contributed by atoms with Crippen molar-refractivity contribution in [1.82, 2.24) is 0 Å². The third kappa shape index (κ3) is 7.67. The van der Waals surface area contributed by atoms with E-state index in [9.17, 15) is 39.9 Å². The van der Waals surface area contributed by atoms with Crippen LogP contribution in [0.3, 0.4) is 0 Å². The fourth-order valence-electron chi connectivity index (χ4n) is 0.774. The van der Waals surface area contributed by atoms with Gasteiger partial charge in [0.1, 0.15) is 0 Å². The maximum atomic E-state index is 12.3. The number of halogens is 8. The number of alkyl halides is 8. The molecule has 0 saturated carbocycles. The first kappa shape index (κ1) is 17.7. The van der Waals surface area contributed by atoms with Gasteiger partial charge in [-0.25, -0.2) is 4.79 Å². The first-order valence-electron chi connectivity index (χ1n) is 4.66. The molecular formula is C8H8F8O3. The molecule has 0 radical (unpaired) electrons. The van der Waals surface area contributed by atoms with Gasteiger partial charge in [-0.1, -0.05) is 0 Å². The van der Waals surface area contributed by atoms with E-state index in [-0.39, 0.29) is 0 Å². The molecule has 0 aromatic rings. The smallest absolute Gasteiger partial charge is 0.434 e. The highest BCUT2D eigenvalue weighted by atomic mass is 19.4. The van der Waals surface area contributed by atoms with Crippen molar-refractivity contribution in [1.29, 1.82) is 0 Å². The lowest BCUT2D eigenvalue weighted by molar-refractivity contribution is -0.284. The summed E-state index contributed by atoms with van der Waals surface area (Å²) in [4.78, 5) is 10.5. The molecule has 0 saturated heterocycles. The molecule has 0 N–H and O–H groups in total. The first-order chi connectivity index (χ1) is 8.35. The van der Waals surface area contributed by atoms with Crippen molar-refractivity contribution in [2.45, 2.75) is 31.1 Å². The van der Waals surface area contributed by atoms with Gasteiger partial charge in [0.25, 0.3) is 0 Å². The van der Waals surface area contributed by atoms with Crippen molar-refractivity contribution in [3.8, 4) is 0 Å². The van der Waals surface area contributed by atoms with Gasteiger partial charge in [-0.05, 0) is 6.42 Å². The number of carbonyl (C=O) groups is 1. The molecule has 0 aromatic heterocycles. The summed E-state index contributed by atoms with van der Waals surface area (Å²) in [5.74, 6) is -4.95. The summed E-state index contributed by atoms with van der Waals surface area (Å²) >= 11 is 0. The van der Waals surface area contributed by atoms with E-state index in [1.807, 2.05) is 0 Å². The van der Waals surface area contributed by atoms with Gasteiger partial charge >= 0.3 is 24.4 Å². The molecule has 0 aliphatic heterocycles. The Balaban J connectivity index is 3.85. The normalized spacial score (nSPS) is 13.3. The lowest BCUT2D eigenvalue weighted by Gasteiger charge is -2.19. The first-order valence-corrected chi connectivity index (χ1v) is 4.66. The zero-order valence-electron chi connectivity index (χ0n) is 9.08. The molecule has 19 heavy (non-hydrogen) atoms. The highest BCUT2D eigenvalue weighted by Crippen LogP contribution is 2.38. The van der Waals surface area contributed by atoms with E-state index in [1.54, 1.807) is 0 Å². The Bertz CT molecular complexity index is 295. The van der Waals surface area contributed by atoms with Gasteiger partial charge in [-0.2, -0.15) is 35.1 Å². The Labute approximate surface area is 101 Å². The fourth-order valence-corrected chi connectivity index (χ4v) is 0.774. The third-order valence-corrected chi connectivity index (χ3v) is 1.62. The zero-order valence-corrected chi connectivity index (χ0v) is 9.08. The Morgan fingerprint density at radius 1 is 0.895 bits per heavy atom. The van der Waals surface area contributed by atoms with Crippen molar-refractivity contribution < 1.29 is 49.4 Å². The fraction of sp³-hybridized carbons (Fsp3) is 0.875. The van der Waals surface area contributed by atoms with Crippen LogP contribution in [0, 0.1) is 0 Å². The summed E-state index contributed by atoms with van der Waals surface area (Å²) in [6, 6.07) is 0. The number of hydrogen-bond acceptors (Lipinski definition) is 3. The summed E-state index contributed by atoms with van der Waals surface area (Å²) in [6.45, 7) is -2.85. The minimum absolute atomic E-state index is 0.881. The highest BCUT2D eigenvalue weighted by molar-refractivity contribution is 5.59. The maximum Gasteiger partial charge on any atom is 0.508 e. The topological polar surface area (TPSA) is 35.5 Å². The van der Waals surface area contributed by atoms with E-state index in [1.165, 1.54) is 0 Å². The van der Waals surface area contributed by atoms with Gasteiger partial charge in [0, 0.05) is 6.42 Å². The van der Waals surface area contributed by atoms with Crippen molar-refractivity contribution in [3.05, 3.63) is 0 Å². The van der Waals surface area contributed by atoms with Gasteiger partial charge in [0.05, 0.1) is 6.61 Å². The Kier molecular flexibility index (Phi) is 5.82. The van der Waals surface area contributed by atoms with Crippen molar-refractivity contribution in [2.75, 3.05) is 13.2 Å². The van der Waals surface area contributed by atoms with Crippen LogP contribution in [0.1, 0.15) is 12.8 Å². The van der Waals surface area contributed by atoms with Crippen LogP contribution >= 0.6 is 0 Å². The molecule has 0 rings (SSSR count). The average Bonchev–Trinajstić information content (AvgIpc) is 2.19. The highest BCUT2D eigenvalue weighted by Gasteiger charge is 2.56. The van der Waals surface area contributed by atoms with E-state index in [0.717, 1.165) is 0 Å². The number of rotatable bonds is 5. The molecule has 0 aliphatic carbocycles. The third-order valence-electron chi connectivity index (χ3n) is 1.62. The molecule has 114 valence electrons. The van der Waals surface area contributed by atoms with Crippen LogP contribution in [0.2, 0.25) is 0 Å². The summed E-state index contributed by atoms with van der Waals surface area (Å²) in [6.07, 6.45) is -14.9. The second-order valence-corrected chi connectivity index (χ2v) is 3.31. The van der Waals surface area contributed by atoms with E-state index < -0.39 is 50.5 Å². The zero-order chi connectivity index (χ0) is 15.3. The predicted molar refractivity (Wildman–Crippen MR) is 43.6 cm³/mol. The largest absolute Gasteiger partial charge is 0.508 e. The van der Waals surface area contributed by atoms with Crippen LogP contribution < -0.4 is 0 Å².